The molecule has 2 fully saturated rings. The highest BCUT2D eigenvalue weighted by atomic mass is 35.5. The van der Waals surface area contributed by atoms with Gasteiger partial charge in [-0.2, -0.15) is 5.10 Å². The molecule has 1 saturated carbocycles. The number of likely N-dealkylation sites (tertiary alicyclic amines) is 1. The minimum atomic E-state index is 0.231. The maximum absolute atomic E-state index is 12.0. The zero-order chi connectivity index (χ0) is 18.6. The van der Waals surface area contributed by atoms with Crippen molar-refractivity contribution in [1.82, 2.24) is 20.4 Å². The molecule has 27 heavy (non-hydrogen) atoms. The van der Waals surface area contributed by atoms with Crippen LogP contribution in [0.5, 0.6) is 0 Å². The SMILES string of the molecule is O=C(CC[C@H]1CCCN(Cc2cn[nH]c2-c2ccc(Cl)cc2)C1)NC1CC1. The number of H-pyrrole nitrogens is 1. The van der Waals surface area contributed by atoms with E-state index in [1.807, 2.05) is 30.5 Å². The van der Waals surface area contributed by atoms with Crippen molar-refractivity contribution in [2.45, 2.75) is 51.1 Å². The minimum absolute atomic E-state index is 0.231. The Morgan fingerprint density at radius 1 is 1.26 bits per heavy atom. The zero-order valence-corrected chi connectivity index (χ0v) is 16.3. The van der Waals surface area contributed by atoms with E-state index in [1.54, 1.807) is 0 Å². The number of rotatable bonds is 7. The number of hydrogen-bond acceptors (Lipinski definition) is 3. The molecule has 1 saturated heterocycles. The number of amides is 1. The van der Waals surface area contributed by atoms with Crippen LogP contribution in [0.4, 0.5) is 0 Å². The van der Waals surface area contributed by atoms with Gasteiger partial charge in [0.2, 0.25) is 5.91 Å². The predicted octanol–water partition coefficient (Wildman–Crippen LogP) is 4.00. The van der Waals surface area contributed by atoms with Crippen molar-refractivity contribution in [1.29, 1.82) is 0 Å². The van der Waals surface area contributed by atoms with Crippen molar-refractivity contribution in [2.24, 2.45) is 5.92 Å². The fourth-order valence-electron chi connectivity index (χ4n) is 3.93. The summed E-state index contributed by atoms with van der Waals surface area (Å²) in [5.74, 6) is 0.837. The zero-order valence-electron chi connectivity index (χ0n) is 15.6. The van der Waals surface area contributed by atoms with Gasteiger partial charge in [-0.3, -0.25) is 14.8 Å². The third-order valence-corrected chi connectivity index (χ3v) is 5.82. The minimum Gasteiger partial charge on any atom is -0.353 e. The number of hydrogen-bond donors (Lipinski definition) is 2. The molecule has 6 heteroatoms. The summed E-state index contributed by atoms with van der Waals surface area (Å²) in [4.78, 5) is 14.5. The largest absolute Gasteiger partial charge is 0.353 e. The van der Waals surface area contributed by atoms with E-state index in [0.717, 1.165) is 55.2 Å². The van der Waals surface area contributed by atoms with Gasteiger partial charge in [0.15, 0.2) is 0 Å². The molecule has 0 bridgehead atoms. The van der Waals surface area contributed by atoms with Crippen molar-refractivity contribution < 1.29 is 4.79 Å². The topological polar surface area (TPSA) is 61.0 Å². The first-order valence-corrected chi connectivity index (χ1v) is 10.3. The Labute approximate surface area is 165 Å². The van der Waals surface area contributed by atoms with Crippen molar-refractivity contribution in [2.75, 3.05) is 13.1 Å². The smallest absolute Gasteiger partial charge is 0.220 e. The van der Waals surface area contributed by atoms with Crippen LogP contribution >= 0.6 is 11.6 Å². The lowest BCUT2D eigenvalue weighted by Gasteiger charge is -2.32. The summed E-state index contributed by atoms with van der Waals surface area (Å²) in [5, 5.41) is 11.2. The summed E-state index contributed by atoms with van der Waals surface area (Å²) in [5.41, 5.74) is 3.39. The van der Waals surface area contributed by atoms with Gasteiger partial charge in [0.25, 0.3) is 0 Å². The second-order valence-electron chi connectivity index (χ2n) is 7.90. The number of piperidine rings is 1. The Hall–Kier alpha value is -1.85. The molecule has 5 nitrogen and oxygen atoms in total. The molecule has 1 aromatic heterocycles. The molecule has 2 heterocycles. The Morgan fingerprint density at radius 3 is 2.85 bits per heavy atom. The monoisotopic (exact) mass is 386 g/mol. The highest BCUT2D eigenvalue weighted by Gasteiger charge is 2.25. The van der Waals surface area contributed by atoms with Gasteiger partial charge in [0.05, 0.1) is 11.9 Å². The molecule has 1 atom stereocenters. The molecule has 1 aliphatic heterocycles. The molecule has 144 valence electrons. The van der Waals surface area contributed by atoms with E-state index in [1.165, 1.54) is 18.4 Å². The molecule has 4 rings (SSSR count). The number of aromatic amines is 1. The van der Waals surface area contributed by atoms with E-state index in [0.29, 0.717) is 18.4 Å². The molecule has 1 aromatic carbocycles. The van der Waals surface area contributed by atoms with Crippen LogP contribution in [-0.2, 0) is 11.3 Å². The van der Waals surface area contributed by atoms with Crippen molar-refractivity contribution in [3.63, 3.8) is 0 Å². The highest BCUT2D eigenvalue weighted by molar-refractivity contribution is 6.30. The molecule has 0 spiro atoms. The fraction of sp³-hybridized carbons (Fsp3) is 0.524. The van der Waals surface area contributed by atoms with E-state index < -0.39 is 0 Å². The molecule has 2 N–H and O–H groups in total. The van der Waals surface area contributed by atoms with Gasteiger partial charge < -0.3 is 5.32 Å². The number of halogens is 1. The van der Waals surface area contributed by atoms with E-state index >= 15 is 0 Å². The fourth-order valence-corrected chi connectivity index (χ4v) is 4.06. The van der Waals surface area contributed by atoms with Crippen LogP contribution in [0.15, 0.2) is 30.5 Å². The lowest BCUT2D eigenvalue weighted by molar-refractivity contribution is -0.121. The number of nitrogens with zero attached hydrogens (tertiary/aromatic N) is 2. The lowest BCUT2D eigenvalue weighted by Crippen LogP contribution is -2.35. The summed E-state index contributed by atoms with van der Waals surface area (Å²) in [7, 11) is 0. The summed E-state index contributed by atoms with van der Waals surface area (Å²) >= 11 is 6.01. The average Bonchev–Trinajstić information content (AvgIpc) is 3.37. The number of carbonyl (C=O) groups excluding carboxylic acids is 1. The van der Waals surface area contributed by atoms with Crippen molar-refractivity contribution >= 4 is 17.5 Å². The van der Waals surface area contributed by atoms with Gasteiger partial charge in [0.1, 0.15) is 0 Å². The van der Waals surface area contributed by atoms with Gasteiger partial charge in [-0.05, 0) is 62.3 Å². The molecule has 0 unspecified atom stereocenters. The van der Waals surface area contributed by atoms with Gasteiger partial charge in [-0.25, -0.2) is 0 Å². The van der Waals surface area contributed by atoms with E-state index in [-0.39, 0.29) is 5.91 Å². The Balaban J connectivity index is 1.32. The lowest BCUT2D eigenvalue weighted by atomic mass is 9.93. The number of carbonyl (C=O) groups is 1. The van der Waals surface area contributed by atoms with Crippen LogP contribution in [0.2, 0.25) is 5.02 Å². The Kier molecular flexibility index (Phi) is 5.79. The second kappa shape index (κ2) is 8.44. The third kappa shape index (κ3) is 5.11. The van der Waals surface area contributed by atoms with Gasteiger partial charge >= 0.3 is 0 Å². The first kappa shape index (κ1) is 18.5. The van der Waals surface area contributed by atoms with Crippen LogP contribution in [0, 0.1) is 5.92 Å². The van der Waals surface area contributed by atoms with Crippen molar-refractivity contribution in [3.05, 3.63) is 41.0 Å². The summed E-state index contributed by atoms with van der Waals surface area (Å²) < 4.78 is 0. The van der Waals surface area contributed by atoms with E-state index in [4.69, 9.17) is 11.6 Å². The van der Waals surface area contributed by atoms with Crippen LogP contribution < -0.4 is 5.32 Å². The summed E-state index contributed by atoms with van der Waals surface area (Å²) in [6, 6.07) is 8.33. The van der Waals surface area contributed by atoms with Crippen LogP contribution in [0.1, 0.15) is 44.1 Å². The maximum atomic E-state index is 12.0. The number of benzene rings is 1. The van der Waals surface area contributed by atoms with E-state index in [2.05, 4.69) is 20.4 Å². The molecule has 1 amide bonds. The molecular formula is C21H27ClN4O. The van der Waals surface area contributed by atoms with Gasteiger partial charge in [-0.15, -0.1) is 0 Å². The molecular weight excluding hydrogens is 360 g/mol. The molecule has 2 aliphatic rings. The van der Waals surface area contributed by atoms with Crippen LogP contribution in [0.3, 0.4) is 0 Å². The van der Waals surface area contributed by atoms with Crippen molar-refractivity contribution in [3.8, 4) is 11.3 Å². The van der Waals surface area contributed by atoms with Crippen LogP contribution in [0.25, 0.3) is 11.3 Å². The highest BCUT2D eigenvalue weighted by Crippen LogP contribution is 2.27. The Morgan fingerprint density at radius 2 is 2.07 bits per heavy atom. The molecule has 0 radical (unpaired) electrons. The molecule has 2 aromatic rings. The van der Waals surface area contributed by atoms with Gasteiger partial charge in [0, 0.05) is 36.1 Å². The Bertz CT molecular complexity index is 769. The first-order chi connectivity index (χ1) is 13.2. The van der Waals surface area contributed by atoms with Gasteiger partial charge in [-0.1, -0.05) is 23.7 Å². The summed E-state index contributed by atoms with van der Waals surface area (Å²) in [6.07, 6.45) is 8.32. The van der Waals surface area contributed by atoms with E-state index in [9.17, 15) is 4.79 Å². The standard InChI is InChI=1S/C21H27ClN4O/c22-18-6-4-16(5-7-18)21-17(12-23-25-21)14-26-11-1-2-15(13-26)3-10-20(27)24-19-8-9-19/h4-7,12,15,19H,1-3,8-11,13-14H2,(H,23,25)(H,24,27)/t15-/m1/s1. The quantitative estimate of drug-likeness (QED) is 0.756. The third-order valence-electron chi connectivity index (χ3n) is 5.57. The van der Waals surface area contributed by atoms with Crippen LogP contribution in [-0.4, -0.2) is 40.1 Å². The first-order valence-electron chi connectivity index (χ1n) is 9.97. The predicted molar refractivity (Wildman–Crippen MR) is 107 cm³/mol. The number of nitrogens with one attached hydrogen (secondary N) is 2. The molecule has 1 aliphatic carbocycles. The average molecular weight is 387 g/mol. The summed E-state index contributed by atoms with van der Waals surface area (Å²) in [6.45, 7) is 3.05. The second-order valence-corrected chi connectivity index (χ2v) is 8.34. The number of aromatic nitrogens is 2. The normalized spacial score (nSPS) is 20.6. The maximum Gasteiger partial charge on any atom is 0.220 e.